The molecule has 0 bridgehead atoms. The molecule has 188 valence electrons. The predicted molar refractivity (Wildman–Crippen MR) is 147 cm³/mol. The molecule has 5 aromatic rings. The van der Waals surface area contributed by atoms with Gasteiger partial charge in [0.1, 0.15) is 0 Å². The van der Waals surface area contributed by atoms with Crippen LogP contribution in [0.1, 0.15) is 33.1 Å². The number of nitrogens with one attached hydrogen (secondary N) is 1. The molecule has 0 aliphatic carbocycles. The van der Waals surface area contributed by atoms with E-state index >= 15 is 0 Å². The average Bonchev–Trinajstić information content (AvgIpc) is 2.99. The summed E-state index contributed by atoms with van der Waals surface area (Å²) in [6.45, 7) is 0. The van der Waals surface area contributed by atoms with E-state index in [1.54, 1.807) is 18.3 Å². The second-order valence-corrected chi connectivity index (χ2v) is 8.90. The lowest BCUT2D eigenvalue weighted by atomic mass is 9.92. The molecule has 1 N–H and O–H groups in total. The number of hydrogen-bond acceptors (Lipinski definition) is 5. The number of para-hydroxylation sites is 1. The quantitative estimate of drug-likeness (QED) is 0.275. The zero-order chi connectivity index (χ0) is 26.3. The number of hydrogen-bond donors (Lipinski definition) is 1. The monoisotopic (exact) mass is 501 g/mol. The lowest BCUT2D eigenvalue weighted by Gasteiger charge is -2.21. The predicted octanol–water partition coefficient (Wildman–Crippen LogP) is 5.73. The van der Waals surface area contributed by atoms with E-state index in [2.05, 4.69) is 10.3 Å². The Balaban J connectivity index is 1.66. The van der Waals surface area contributed by atoms with E-state index in [1.807, 2.05) is 91.1 Å². The van der Waals surface area contributed by atoms with Gasteiger partial charge in [-0.2, -0.15) is 0 Å². The molecule has 1 unspecified atom stereocenters. The summed E-state index contributed by atoms with van der Waals surface area (Å²) in [5.41, 5.74) is 5.38. The molecule has 6 heteroatoms. The first kappa shape index (κ1) is 24.8. The number of carbonyl (C=O) groups excluding carboxylic acids is 2. The van der Waals surface area contributed by atoms with E-state index in [9.17, 15) is 9.59 Å². The summed E-state index contributed by atoms with van der Waals surface area (Å²) in [6, 6.07) is 29.5. The van der Waals surface area contributed by atoms with Crippen molar-refractivity contribution in [2.75, 3.05) is 7.11 Å². The highest BCUT2D eigenvalue weighted by molar-refractivity contribution is 6.10. The van der Waals surface area contributed by atoms with Crippen LogP contribution in [-0.2, 0) is 22.4 Å². The Morgan fingerprint density at radius 3 is 2.26 bits per heavy atom. The molecule has 0 aliphatic heterocycles. The van der Waals surface area contributed by atoms with Crippen LogP contribution in [0.25, 0.3) is 22.2 Å². The van der Waals surface area contributed by atoms with Gasteiger partial charge in [-0.3, -0.25) is 9.78 Å². The van der Waals surface area contributed by atoms with Crippen molar-refractivity contribution in [1.82, 2.24) is 15.3 Å². The topological polar surface area (TPSA) is 81.2 Å². The van der Waals surface area contributed by atoms with Crippen LogP contribution in [0.4, 0.5) is 0 Å². The number of carbonyl (C=O) groups is 2. The highest BCUT2D eigenvalue weighted by Gasteiger charge is 2.28. The molecule has 2 aromatic heterocycles. The van der Waals surface area contributed by atoms with Gasteiger partial charge in [0, 0.05) is 23.3 Å². The number of ether oxygens (including phenoxy) is 1. The summed E-state index contributed by atoms with van der Waals surface area (Å²) in [5.74, 6) is -0.899. The summed E-state index contributed by atoms with van der Waals surface area (Å²) < 4.78 is 5.05. The van der Waals surface area contributed by atoms with Crippen LogP contribution in [0.5, 0.6) is 0 Å². The van der Waals surface area contributed by atoms with E-state index in [4.69, 9.17) is 9.72 Å². The first-order valence-electron chi connectivity index (χ1n) is 12.5. The standard InChI is InChI=1S/C32H27N3O3/c1-38-32(37)30(24-14-6-3-7-15-24)35-31(36)28-25-16-8-9-17-27(25)34-29(23-12-4-2-5-13-23)26(28)19-18-22-11-10-20-33-21-22/h2-17,20-21,30H,18-19H2,1H3,(H,35,36). The van der Waals surface area contributed by atoms with E-state index in [-0.39, 0.29) is 5.91 Å². The van der Waals surface area contributed by atoms with Gasteiger partial charge >= 0.3 is 5.97 Å². The molecule has 0 radical (unpaired) electrons. The van der Waals surface area contributed by atoms with Crippen LogP contribution in [0, 0.1) is 0 Å². The maximum Gasteiger partial charge on any atom is 0.333 e. The number of benzene rings is 3. The third-order valence-corrected chi connectivity index (χ3v) is 6.50. The number of fused-ring (bicyclic) bond motifs is 1. The maximum atomic E-state index is 14.1. The second kappa shape index (κ2) is 11.5. The van der Waals surface area contributed by atoms with Crippen LogP contribution in [0.2, 0.25) is 0 Å². The molecular weight excluding hydrogens is 474 g/mol. The molecule has 1 atom stereocenters. The minimum Gasteiger partial charge on any atom is -0.467 e. The molecule has 38 heavy (non-hydrogen) atoms. The zero-order valence-electron chi connectivity index (χ0n) is 21.0. The highest BCUT2D eigenvalue weighted by atomic mass is 16.5. The van der Waals surface area contributed by atoms with Gasteiger partial charge in [-0.1, -0.05) is 84.9 Å². The Bertz CT molecular complexity index is 1560. The summed E-state index contributed by atoms with van der Waals surface area (Å²) >= 11 is 0. The Morgan fingerprint density at radius 2 is 1.55 bits per heavy atom. The first-order chi connectivity index (χ1) is 18.7. The number of pyridine rings is 2. The van der Waals surface area contributed by atoms with Crippen LogP contribution in [0.3, 0.4) is 0 Å². The molecule has 0 aliphatic rings. The summed E-state index contributed by atoms with van der Waals surface area (Å²) in [4.78, 5) is 36.1. The molecule has 1 amide bonds. The van der Waals surface area contributed by atoms with Crippen LogP contribution < -0.4 is 5.32 Å². The van der Waals surface area contributed by atoms with Crippen LogP contribution >= 0.6 is 0 Å². The van der Waals surface area contributed by atoms with Crippen molar-refractivity contribution in [3.63, 3.8) is 0 Å². The van der Waals surface area contributed by atoms with Gasteiger partial charge in [0.2, 0.25) is 0 Å². The molecular formula is C32H27N3O3. The van der Waals surface area contributed by atoms with E-state index < -0.39 is 12.0 Å². The van der Waals surface area contributed by atoms with Gasteiger partial charge < -0.3 is 10.1 Å². The smallest absolute Gasteiger partial charge is 0.333 e. The lowest BCUT2D eigenvalue weighted by Crippen LogP contribution is -2.35. The number of nitrogens with zero attached hydrogens (tertiary/aromatic N) is 2. The molecule has 3 aromatic carbocycles. The van der Waals surface area contributed by atoms with Crippen molar-refractivity contribution in [3.05, 3.63) is 132 Å². The Labute approximate surface area is 221 Å². The van der Waals surface area contributed by atoms with Gasteiger partial charge in [0.05, 0.1) is 23.9 Å². The van der Waals surface area contributed by atoms with Gasteiger partial charge in [-0.25, -0.2) is 9.78 Å². The van der Waals surface area contributed by atoms with Crippen molar-refractivity contribution in [3.8, 4) is 11.3 Å². The van der Waals surface area contributed by atoms with E-state index in [1.165, 1.54) is 7.11 Å². The SMILES string of the molecule is COC(=O)C(NC(=O)c1c(CCc2cccnc2)c(-c2ccccc2)nc2ccccc12)c1ccccc1. The maximum absolute atomic E-state index is 14.1. The lowest BCUT2D eigenvalue weighted by molar-refractivity contribution is -0.143. The summed E-state index contributed by atoms with van der Waals surface area (Å²) in [5, 5.41) is 3.68. The Hall–Kier alpha value is -4.84. The van der Waals surface area contributed by atoms with Crippen molar-refractivity contribution >= 4 is 22.8 Å². The van der Waals surface area contributed by atoms with Crippen molar-refractivity contribution < 1.29 is 14.3 Å². The van der Waals surface area contributed by atoms with Gasteiger partial charge in [0.25, 0.3) is 5.91 Å². The summed E-state index contributed by atoms with van der Waals surface area (Å²) in [7, 11) is 1.32. The van der Waals surface area contributed by atoms with Crippen LogP contribution in [-0.4, -0.2) is 29.0 Å². The van der Waals surface area contributed by atoms with Crippen molar-refractivity contribution in [2.24, 2.45) is 0 Å². The molecule has 0 spiro atoms. The number of aryl methyl sites for hydroxylation is 1. The molecule has 0 fully saturated rings. The Morgan fingerprint density at radius 1 is 0.842 bits per heavy atom. The van der Waals surface area contributed by atoms with E-state index in [0.717, 1.165) is 27.8 Å². The van der Waals surface area contributed by atoms with Crippen LogP contribution in [0.15, 0.2) is 109 Å². The second-order valence-electron chi connectivity index (χ2n) is 8.90. The number of aromatic nitrogens is 2. The zero-order valence-corrected chi connectivity index (χ0v) is 21.0. The van der Waals surface area contributed by atoms with Gasteiger partial charge in [-0.15, -0.1) is 0 Å². The minimum atomic E-state index is -0.952. The first-order valence-corrected chi connectivity index (χ1v) is 12.5. The molecule has 0 saturated carbocycles. The number of amides is 1. The van der Waals surface area contributed by atoms with Gasteiger partial charge in [-0.05, 0) is 41.7 Å². The molecule has 0 saturated heterocycles. The minimum absolute atomic E-state index is 0.360. The third-order valence-electron chi connectivity index (χ3n) is 6.50. The van der Waals surface area contributed by atoms with E-state index in [0.29, 0.717) is 29.5 Å². The molecule has 2 heterocycles. The largest absolute Gasteiger partial charge is 0.467 e. The fourth-order valence-electron chi connectivity index (χ4n) is 4.65. The third kappa shape index (κ3) is 5.30. The normalized spacial score (nSPS) is 11.6. The van der Waals surface area contributed by atoms with Crippen molar-refractivity contribution in [1.29, 1.82) is 0 Å². The summed E-state index contributed by atoms with van der Waals surface area (Å²) in [6.07, 6.45) is 4.81. The number of esters is 1. The fraction of sp³-hybridized carbons (Fsp3) is 0.125. The number of methoxy groups -OCH3 is 1. The molecule has 6 nitrogen and oxygen atoms in total. The Kier molecular flexibility index (Phi) is 7.50. The fourth-order valence-corrected chi connectivity index (χ4v) is 4.65. The molecule has 5 rings (SSSR count). The van der Waals surface area contributed by atoms with Gasteiger partial charge in [0.15, 0.2) is 6.04 Å². The van der Waals surface area contributed by atoms with Crippen molar-refractivity contribution in [2.45, 2.75) is 18.9 Å². The highest BCUT2D eigenvalue weighted by Crippen LogP contribution is 2.32. The average molecular weight is 502 g/mol. The number of rotatable bonds is 8.